The summed E-state index contributed by atoms with van der Waals surface area (Å²) in [6, 6.07) is 0. The molecule has 0 fully saturated rings. The second-order valence-electron chi connectivity index (χ2n) is 6.01. The van der Waals surface area contributed by atoms with Crippen molar-refractivity contribution in [3.8, 4) is 0 Å². The molecule has 0 amide bonds. The van der Waals surface area contributed by atoms with E-state index in [0.29, 0.717) is 0 Å². The van der Waals surface area contributed by atoms with Gasteiger partial charge in [0.1, 0.15) is 0 Å². The SMILES string of the molecule is [CH2]CCCCCC=C(C)CCC(C)=CCCCCC[CH2]. The highest BCUT2D eigenvalue weighted by atomic mass is 14.0. The predicted molar refractivity (Wildman–Crippen MR) is 93.6 cm³/mol. The van der Waals surface area contributed by atoms with Crippen LogP contribution >= 0.6 is 0 Å². The van der Waals surface area contributed by atoms with Crippen LogP contribution in [0, 0.1) is 13.8 Å². The lowest BCUT2D eigenvalue weighted by molar-refractivity contribution is 0.690. The summed E-state index contributed by atoms with van der Waals surface area (Å²) in [5.74, 6) is 0. The van der Waals surface area contributed by atoms with Crippen molar-refractivity contribution in [3.63, 3.8) is 0 Å². The molecular formula is C20H36. The minimum atomic E-state index is 1.08. The minimum absolute atomic E-state index is 1.08. The fourth-order valence-corrected chi connectivity index (χ4v) is 2.29. The minimum Gasteiger partial charge on any atom is -0.0856 e. The topological polar surface area (TPSA) is 0 Å². The van der Waals surface area contributed by atoms with E-state index in [1.54, 1.807) is 11.1 Å². The molecule has 0 N–H and O–H groups in total. The first-order chi connectivity index (χ1) is 9.70. The molecule has 0 aliphatic heterocycles. The van der Waals surface area contributed by atoms with E-state index in [1.807, 2.05) is 0 Å². The van der Waals surface area contributed by atoms with Crippen LogP contribution in [-0.2, 0) is 0 Å². The Kier molecular flexibility index (Phi) is 14.5. The lowest BCUT2D eigenvalue weighted by Gasteiger charge is -2.04. The maximum atomic E-state index is 3.88. The summed E-state index contributed by atoms with van der Waals surface area (Å²) >= 11 is 0. The number of rotatable bonds is 13. The van der Waals surface area contributed by atoms with Crippen molar-refractivity contribution in [1.82, 2.24) is 0 Å². The number of hydrogen-bond acceptors (Lipinski definition) is 0. The van der Waals surface area contributed by atoms with Gasteiger partial charge in [0, 0.05) is 0 Å². The van der Waals surface area contributed by atoms with E-state index in [4.69, 9.17) is 0 Å². The van der Waals surface area contributed by atoms with Crippen molar-refractivity contribution in [1.29, 1.82) is 0 Å². The van der Waals surface area contributed by atoms with E-state index in [9.17, 15) is 0 Å². The standard InChI is InChI=1S/C20H36/c1-5-7-9-11-13-15-19(3)17-18-20(4)16-14-12-10-8-6-2/h15-16H,1-2,5-14,17-18H2,3-4H3. The van der Waals surface area contributed by atoms with Crippen LogP contribution in [0.3, 0.4) is 0 Å². The second kappa shape index (κ2) is 14.9. The summed E-state index contributed by atoms with van der Waals surface area (Å²) in [6.07, 6.45) is 19.9. The van der Waals surface area contributed by atoms with Gasteiger partial charge < -0.3 is 0 Å². The first kappa shape index (κ1) is 19.5. The molecule has 0 unspecified atom stereocenters. The summed E-state index contributed by atoms with van der Waals surface area (Å²) in [5, 5.41) is 0. The molecule has 0 bridgehead atoms. The van der Waals surface area contributed by atoms with E-state index >= 15 is 0 Å². The molecule has 0 spiro atoms. The Bertz CT molecular complexity index is 229. The van der Waals surface area contributed by atoms with E-state index < -0.39 is 0 Å². The molecule has 0 aromatic heterocycles. The van der Waals surface area contributed by atoms with Gasteiger partial charge in [0.15, 0.2) is 0 Å². The Labute approximate surface area is 128 Å². The van der Waals surface area contributed by atoms with Gasteiger partial charge in [-0.15, -0.1) is 0 Å². The highest BCUT2D eigenvalue weighted by Gasteiger charge is 1.94. The van der Waals surface area contributed by atoms with Crippen LogP contribution in [0.4, 0.5) is 0 Å². The first-order valence-corrected chi connectivity index (χ1v) is 8.60. The van der Waals surface area contributed by atoms with Gasteiger partial charge in [-0.1, -0.05) is 75.7 Å². The van der Waals surface area contributed by atoms with Crippen LogP contribution in [0.2, 0.25) is 0 Å². The van der Waals surface area contributed by atoms with E-state index in [-0.39, 0.29) is 0 Å². The van der Waals surface area contributed by atoms with Crippen molar-refractivity contribution in [2.75, 3.05) is 0 Å². The Morgan fingerprint density at radius 2 is 1.05 bits per heavy atom. The summed E-state index contributed by atoms with van der Waals surface area (Å²) < 4.78 is 0. The number of allylic oxidation sites excluding steroid dienone is 4. The van der Waals surface area contributed by atoms with Crippen molar-refractivity contribution in [2.45, 2.75) is 90.9 Å². The maximum absolute atomic E-state index is 3.88. The molecule has 0 aromatic carbocycles. The van der Waals surface area contributed by atoms with Crippen molar-refractivity contribution in [2.24, 2.45) is 0 Å². The lowest BCUT2D eigenvalue weighted by Crippen LogP contribution is -1.83. The molecule has 2 radical (unpaired) electrons. The largest absolute Gasteiger partial charge is 0.0856 e. The Morgan fingerprint density at radius 1 is 0.650 bits per heavy atom. The van der Waals surface area contributed by atoms with Gasteiger partial charge >= 0.3 is 0 Å². The Hall–Kier alpha value is -0.520. The maximum Gasteiger partial charge on any atom is -0.0286 e. The summed E-state index contributed by atoms with van der Waals surface area (Å²) in [6.45, 7) is 12.3. The second-order valence-corrected chi connectivity index (χ2v) is 6.01. The van der Waals surface area contributed by atoms with Crippen LogP contribution in [0.1, 0.15) is 90.9 Å². The zero-order chi connectivity index (χ0) is 15.1. The predicted octanol–water partition coefficient (Wildman–Crippen LogP) is 7.23. The highest BCUT2D eigenvalue weighted by molar-refractivity contribution is 5.05. The van der Waals surface area contributed by atoms with Crippen LogP contribution in [-0.4, -0.2) is 0 Å². The molecule has 0 nitrogen and oxygen atoms in total. The van der Waals surface area contributed by atoms with Crippen molar-refractivity contribution < 1.29 is 0 Å². The third kappa shape index (κ3) is 13.9. The molecule has 0 aromatic rings. The number of unbranched alkanes of at least 4 members (excludes halogenated alkanes) is 8. The van der Waals surface area contributed by atoms with Gasteiger partial charge in [0.2, 0.25) is 0 Å². The normalized spacial score (nSPS) is 13.0. The van der Waals surface area contributed by atoms with Gasteiger partial charge in [-0.2, -0.15) is 0 Å². The van der Waals surface area contributed by atoms with Gasteiger partial charge in [0.05, 0.1) is 0 Å². The average molecular weight is 277 g/mol. The average Bonchev–Trinajstić information content (AvgIpc) is 2.44. The van der Waals surface area contributed by atoms with E-state index in [0.717, 1.165) is 12.8 Å². The monoisotopic (exact) mass is 276 g/mol. The van der Waals surface area contributed by atoms with Crippen LogP contribution in [0.25, 0.3) is 0 Å². The van der Waals surface area contributed by atoms with Gasteiger partial charge in [-0.25, -0.2) is 0 Å². The van der Waals surface area contributed by atoms with Gasteiger partial charge in [-0.05, 0) is 52.4 Å². The summed E-state index contributed by atoms with van der Waals surface area (Å²) in [7, 11) is 0. The van der Waals surface area contributed by atoms with Crippen molar-refractivity contribution >= 4 is 0 Å². The Morgan fingerprint density at radius 3 is 1.40 bits per heavy atom. The van der Waals surface area contributed by atoms with Gasteiger partial charge in [0.25, 0.3) is 0 Å². The first-order valence-electron chi connectivity index (χ1n) is 8.60. The molecule has 0 rings (SSSR count). The molecule has 20 heavy (non-hydrogen) atoms. The molecule has 0 heterocycles. The lowest BCUT2D eigenvalue weighted by atomic mass is 10.0. The van der Waals surface area contributed by atoms with Crippen molar-refractivity contribution in [3.05, 3.63) is 37.1 Å². The van der Waals surface area contributed by atoms with Crippen LogP contribution < -0.4 is 0 Å². The third-order valence-corrected chi connectivity index (χ3v) is 3.81. The smallest absolute Gasteiger partial charge is 0.0286 e. The van der Waals surface area contributed by atoms with E-state index in [2.05, 4.69) is 39.8 Å². The fraction of sp³-hybridized carbons (Fsp3) is 0.700. The fourth-order valence-electron chi connectivity index (χ4n) is 2.29. The zero-order valence-electron chi connectivity index (χ0n) is 14.1. The third-order valence-electron chi connectivity index (χ3n) is 3.81. The number of hydrogen-bond donors (Lipinski definition) is 0. The molecule has 0 saturated heterocycles. The zero-order valence-corrected chi connectivity index (χ0v) is 14.1. The molecule has 0 heteroatoms. The molecule has 0 saturated carbocycles. The highest BCUT2D eigenvalue weighted by Crippen LogP contribution is 2.14. The molecular weight excluding hydrogens is 240 g/mol. The summed E-state index contributed by atoms with van der Waals surface area (Å²) in [4.78, 5) is 0. The van der Waals surface area contributed by atoms with Gasteiger partial charge in [-0.3, -0.25) is 0 Å². The van der Waals surface area contributed by atoms with Crippen LogP contribution in [0.5, 0.6) is 0 Å². The quantitative estimate of drug-likeness (QED) is 0.246. The van der Waals surface area contributed by atoms with E-state index in [1.165, 1.54) is 64.2 Å². The molecule has 0 atom stereocenters. The molecule has 0 aliphatic rings. The Balaban J connectivity index is 3.62. The van der Waals surface area contributed by atoms with Crippen LogP contribution in [0.15, 0.2) is 23.3 Å². The summed E-state index contributed by atoms with van der Waals surface area (Å²) in [5.41, 5.74) is 3.12. The molecule has 116 valence electrons. The molecule has 0 aliphatic carbocycles.